The van der Waals surface area contributed by atoms with Gasteiger partial charge < -0.3 is 9.80 Å². The predicted octanol–water partition coefficient (Wildman–Crippen LogP) is 3.84. The molecule has 5 nitrogen and oxygen atoms in total. The third-order valence-electron chi connectivity index (χ3n) is 4.57. The first-order valence-electron chi connectivity index (χ1n) is 8.80. The van der Waals surface area contributed by atoms with E-state index < -0.39 is 0 Å². The van der Waals surface area contributed by atoms with Crippen molar-refractivity contribution in [2.45, 2.75) is 6.92 Å². The second-order valence-electron chi connectivity index (χ2n) is 6.50. The highest BCUT2D eigenvalue weighted by atomic mass is 35.5. The zero-order chi connectivity index (χ0) is 18.8. The van der Waals surface area contributed by atoms with Crippen molar-refractivity contribution in [3.63, 3.8) is 0 Å². The van der Waals surface area contributed by atoms with Crippen LogP contribution in [0.1, 0.15) is 11.1 Å². The summed E-state index contributed by atoms with van der Waals surface area (Å²) in [6.45, 7) is 5.20. The Hall–Kier alpha value is -2.31. The van der Waals surface area contributed by atoms with Crippen molar-refractivity contribution >= 4 is 46.3 Å². The van der Waals surface area contributed by atoms with Crippen molar-refractivity contribution < 1.29 is 4.79 Å². The van der Waals surface area contributed by atoms with E-state index in [4.69, 9.17) is 11.6 Å². The molecule has 0 unspecified atom stereocenters. The molecule has 4 rings (SSSR count). The lowest BCUT2D eigenvalue weighted by atomic mass is 10.1. The van der Waals surface area contributed by atoms with Crippen molar-refractivity contribution in [2.24, 2.45) is 4.99 Å². The van der Waals surface area contributed by atoms with E-state index >= 15 is 0 Å². The lowest BCUT2D eigenvalue weighted by molar-refractivity contribution is -0.113. The molecule has 1 saturated heterocycles. The van der Waals surface area contributed by atoms with E-state index in [-0.39, 0.29) is 5.91 Å². The van der Waals surface area contributed by atoms with E-state index in [2.05, 4.69) is 19.8 Å². The monoisotopic (exact) mass is 398 g/mol. The average molecular weight is 399 g/mol. The number of benzene rings is 1. The fraction of sp³-hybridized carbons (Fsp3) is 0.250. The van der Waals surface area contributed by atoms with Crippen LogP contribution in [0.5, 0.6) is 0 Å². The van der Waals surface area contributed by atoms with Gasteiger partial charge in [-0.1, -0.05) is 41.4 Å². The maximum atomic E-state index is 12.3. The molecule has 1 fully saturated rings. The number of rotatable bonds is 2. The quantitative estimate of drug-likeness (QED) is 0.719. The van der Waals surface area contributed by atoms with Gasteiger partial charge in [0.15, 0.2) is 5.17 Å². The molecule has 0 aliphatic carbocycles. The van der Waals surface area contributed by atoms with Crippen LogP contribution in [0.4, 0.5) is 5.82 Å². The Morgan fingerprint density at radius 1 is 1.07 bits per heavy atom. The van der Waals surface area contributed by atoms with E-state index in [1.807, 2.05) is 49.4 Å². The number of nitrogens with zero attached hydrogens (tertiary/aromatic N) is 4. The first-order valence-corrected chi connectivity index (χ1v) is 9.99. The number of hydrogen-bond acceptors (Lipinski definition) is 5. The topological polar surface area (TPSA) is 48.8 Å². The summed E-state index contributed by atoms with van der Waals surface area (Å²) in [6, 6.07) is 11.8. The molecule has 0 N–H and O–H groups in total. The van der Waals surface area contributed by atoms with Gasteiger partial charge >= 0.3 is 0 Å². The summed E-state index contributed by atoms with van der Waals surface area (Å²) in [5.74, 6) is 0.654. The van der Waals surface area contributed by atoms with E-state index in [0.29, 0.717) is 9.93 Å². The van der Waals surface area contributed by atoms with E-state index in [0.717, 1.165) is 42.7 Å². The minimum absolute atomic E-state index is 0.161. The fourth-order valence-corrected chi connectivity index (χ4v) is 4.27. The Morgan fingerprint density at radius 2 is 1.78 bits per heavy atom. The first-order chi connectivity index (χ1) is 13.1. The molecule has 0 saturated carbocycles. The molecule has 138 valence electrons. The number of carbonyl (C=O) groups excluding carboxylic acids is 1. The SMILES string of the molecule is Cc1ccc(/C=C2\SC(N3CCN(c4ncccc4Cl)CC3)=NC2=O)cc1. The number of aromatic nitrogens is 1. The van der Waals surface area contributed by atoms with E-state index in [1.54, 1.807) is 6.20 Å². The van der Waals surface area contributed by atoms with Gasteiger partial charge in [0.25, 0.3) is 5.91 Å². The standard InChI is InChI=1S/C20H19ClN4OS/c1-14-4-6-15(7-5-14)13-17-19(26)23-20(27-17)25-11-9-24(10-12-25)18-16(21)3-2-8-22-18/h2-8,13H,9-12H2,1H3/b17-13-. The van der Waals surface area contributed by atoms with Crippen LogP contribution in [-0.2, 0) is 4.79 Å². The van der Waals surface area contributed by atoms with Crippen LogP contribution in [0, 0.1) is 6.92 Å². The summed E-state index contributed by atoms with van der Waals surface area (Å²) in [4.78, 5) is 25.9. The average Bonchev–Trinajstić information content (AvgIpc) is 3.05. The van der Waals surface area contributed by atoms with Crippen LogP contribution in [0.15, 0.2) is 52.5 Å². The summed E-state index contributed by atoms with van der Waals surface area (Å²) in [7, 11) is 0. The van der Waals surface area contributed by atoms with Crippen molar-refractivity contribution in [2.75, 3.05) is 31.1 Å². The minimum atomic E-state index is -0.161. The van der Waals surface area contributed by atoms with Gasteiger partial charge in [-0.3, -0.25) is 4.79 Å². The second kappa shape index (κ2) is 7.74. The Kier molecular flexibility index (Phi) is 5.18. The van der Waals surface area contributed by atoms with Crippen LogP contribution in [0.2, 0.25) is 5.02 Å². The zero-order valence-electron chi connectivity index (χ0n) is 14.9. The lowest BCUT2D eigenvalue weighted by Gasteiger charge is -2.36. The predicted molar refractivity (Wildman–Crippen MR) is 112 cm³/mol. The van der Waals surface area contributed by atoms with Gasteiger partial charge in [-0.15, -0.1) is 0 Å². The molecule has 2 aromatic rings. The molecule has 0 radical (unpaired) electrons. The number of aryl methyl sites for hydroxylation is 1. The highest BCUT2D eigenvalue weighted by Crippen LogP contribution is 2.31. The zero-order valence-corrected chi connectivity index (χ0v) is 16.5. The van der Waals surface area contributed by atoms with Gasteiger partial charge in [-0.2, -0.15) is 4.99 Å². The summed E-state index contributed by atoms with van der Waals surface area (Å²) in [5.41, 5.74) is 2.22. The van der Waals surface area contributed by atoms with E-state index in [1.165, 1.54) is 17.3 Å². The Bertz CT molecular complexity index is 918. The molecule has 2 aliphatic heterocycles. The van der Waals surface area contributed by atoms with Gasteiger partial charge in [-0.05, 0) is 42.5 Å². The highest BCUT2D eigenvalue weighted by molar-refractivity contribution is 8.18. The number of amides is 1. The van der Waals surface area contributed by atoms with Crippen molar-refractivity contribution in [3.05, 3.63) is 63.6 Å². The van der Waals surface area contributed by atoms with Gasteiger partial charge in [0, 0.05) is 32.4 Å². The van der Waals surface area contributed by atoms with Gasteiger partial charge in [-0.25, -0.2) is 4.98 Å². The molecular weight excluding hydrogens is 380 g/mol. The molecule has 1 aromatic heterocycles. The van der Waals surface area contributed by atoms with Gasteiger partial charge in [0.1, 0.15) is 5.82 Å². The molecule has 0 atom stereocenters. The fourth-order valence-electron chi connectivity index (χ4n) is 3.07. The molecule has 2 aliphatic rings. The van der Waals surface area contributed by atoms with Crippen LogP contribution >= 0.6 is 23.4 Å². The summed E-state index contributed by atoms with van der Waals surface area (Å²) >= 11 is 7.70. The molecular formula is C20H19ClN4OS. The normalized spacial score (nSPS) is 19.0. The maximum Gasteiger partial charge on any atom is 0.286 e. The minimum Gasteiger partial charge on any atom is -0.352 e. The van der Waals surface area contributed by atoms with Crippen LogP contribution in [-0.4, -0.2) is 47.1 Å². The van der Waals surface area contributed by atoms with Crippen molar-refractivity contribution in [3.8, 4) is 0 Å². The second-order valence-corrected chi connectivity index (χ2v) is 7.92. The number of carbonyl (C=O) groups is 1. The molecule has 0 spiro atoms. The van der Waals surface area contributed by atoms with Crippen LogP contribution in [0.25, 0.3) is 6.08 Å². The lowest BCUT2D eigenvalue weighted by Crippen LogP contribution is -2.48. The number of aliphatic imine (C=N–C) groups is 1. The third kappa shape index (κ3) is 4.01. The Labute approximate surface area is 167 Å². The smallest absolute Gasteiger partial charge is 0.286 e. The number of amidine groups is 1. The third-order valence-corrected chi connectivity index (χ3v) is 5.91. The number of halogens is 1. The van der Waals surface area contributed by atoms with Crippen LogP contribution in [0.3, 0.4) is 0 Å². The largest absolute Gasteiger partial charge is 0.352 e. The van der Waals surface area contributed by atoms with Crippen molar-refractivity contribution in [1.82, 2.24) is 9.88 Å². The number of piperazine rings is 1. The molecule has 1 aromatic carbocycles. The first kappa shape index (κ1) is 18.1. The van der Waals surface area contributed by atoms with Crippen LogP contribution < -0.4 is 4.90 Å². The molecule has 27 heavy (non-hydrogen) atoms. The molecule has 1 amide bonds. The number of anilines is 1. The number of hydrogen-bond donors (Lipinski definition) is 0. The number of pyridine rings is 1. The van der Waals surface area contributed by atoms with Gasteiger partial charge in [0.05, 0.1) is 9.93 Å². The highest BCUT2D eigenvalue weighted by Gasteiger charge is 2.29. The molecule has 0 bridgehead atoms. The summed E-state index contributed by atoms with van der Waals surface area (Å²) in [5, 5.41) is 1.45. The summed E-state index contributed by atoms with van der Waals surface area (Å²) < 4.78 is 0. The van der Waals surface area contributed by atoms with Gasteiger partial charge in [0.2, 0.25) is 0 Å². The Balaban J connectivity index is 1.41. The number of thioether (sulfide) groups is 1. The van der Waals surface area contributed by atoms with E-state index in [9.17, 15) is 4.79 Å². The molecule has 7 heteroatoms. The van der Waals surface area contributed by atoms with Crippen molar-refractivity contribution in [1.29, 1.82) is 0 Å². The maximum absolute atomic E-state index is 12.3. The molecule has 3 heterocycles. The Morgan fingerprint density at radius 3 is 2.48 bits per heavy atom. The summed E-state index contributed by atoms with van der Waals surface area (Å²) in [6.07, 6.45) is 3.66.